The van der Waals surface area contributed by atoms with Crippen LogP contribution in [-0.2, 0) is 9.53 Å². The Bertz CT molecular complexity index is 1180. The van der Waals surface area contributed by atoms with Gasteiger partial charge in [-0.2, -0.15) is 0 Å². The van der Waals surface area contributed by atoms with Crippen LogP contribution in [0.15, 0.2) is 36.0 Å². The molecule has 5 rings (SSSR count). The van der Waals surface area contributed by atoms with Crippen LogP contribution in [0, 0.1) is 6.92 Å². The molecular weight excluding hydrogens is 378 g/mol. The first-order valence-electron chi connectivity index (χ1n) is 8.94. The molecular formula is C21H15NO7. The van der Waals surface area contributed by atoms with Crippen LogP contribution < -0.4 is 0 Å². The number of ketones is 2. The summed E-state index contributed by atoms with van der Waals surface area (Å²) < 4.78 is 5.41. The van der Waals surface area contributed by atoms with E-state index in [9.17, 15) is 29.7 Å². The first-order chi connectivity index (χ1) is 13.8. The summed E-state index contributed by atoms with van der Waals surface area (Å²) in [7, 11) is 0. The van der Waals surface area contributed by atoms with Gasteiger partial charge in [-0.3, -0.25) is 9.59 Å². The second-order valence-electron chi connectivity index (χ2n) is 7.22. The molecule has 1 saturated heterocycles. The third-order valence-corrected chi connectivity index (χ3v) is 5.52. The van der Waals surface area contributed by atoms with Gasteiger partial charge in [-0.1, -0.05) is 12.1 Å². The van der Waals surface area contributed by atoms with Crippen LogP contribution in [0.25, 0.3) is 5.57 Å². The molecule has 0 spiro atoms. The topological polar surface area (TPSA) is 124 Å². The lowest BCUT2D eigenvalue weighted by molar-refractivity contribution is -0.143. The molecule has 2 aromatic carbocycles. The minimum atomic E-state index is -1.19. The highest BCUT2D eigenvalue weighted by Crippen LogP contribution is 2.51. The number of carbonyl (C=O) groups excluding carboxylic acids is 3. The van der Waals surface area contributed by atoms with Crippen molar-refractivity contribution in [2.45, 2.75) is 19.2 Å². The van der Waals surface area contributed by atoms with E-state index in [0.29, 0.717) is 11.1 Å². The molecule has 0 bridgehead atoms. The zero-order chi connectivity index (χ0) is 20.6. The second-order valence-corrected chi connectivity index (χ2v) is 7.22. The summed E-state index contributed by atoms with van der Waals surface area (Å²) in [6.45, 7) is 1.10. The monoisotopic (exact) mass is 393 g/mol. The van der Waals surface area contributed by atoms with Gasteiger partial charge in [0.15, 0.2) is 11.8 Å². The predicted molar refractivity (Wildman–Crippen MR) is 98.1 cm³/mol. The maximum absolute atomic E-state index is 13.4. The van der Waals surface area contributed by atoms with E-state index in [-0.39, 0.29) is 39.5 Å². The molecule has 2 heterocycles. The van der Waals surface area contributed by atoms with Crippen molar-refractivity contribution in [3.8, 4) is 11.5 Å². The number of aromatic hydroxyl groups is 2. The Kier molecular flexibility index (Phi) is 3.42. The molecule has 8 nitrogen and oxygen atoms in total. The van der Waals surface area contributed by atoms with Crippen LogP contribution in [0.3, 0.4) is 0 Å². The number of hydrogen-bond acceptors (Lipinski definition) is 8. The molecule has 0 aromatic heterocycles. The number of phenols is 2. The van der Waals surface area contributed by atoms with Gasteiger partial charge >= 0.3 is 5.97 Å². The van der Waals surface area contributed by atoms with Crippen molar-refractivity contribution in [3.63, 3.8) is 0 Å². The van der Waals surface area contributed by atoms with E-state index < -0.39 is 36.4 Å². The number of aliphatic hydroxyl groups excluding tert-OH is 1. The van der Waals surface area contributed by atoms with Gasteiger partial charge < -0.3 is 25.0 Å². The second kappa shape index (κ2) is 5.68. The summed E-state index contributed by atoms with van der Waals surface area (Å²) in [6, 6.07) is 6.09. The highest BCUT2D eigenvalue weighted by molar-refractivity contribution is 6.41. The Hall–Kier alpha value is -3.65. The minimum absolute atomic E-state index is 0.00474. The molecule has 0 unspecified atom stereocenters. The molecule has 3 N–H and O–H groups in total. The van der Waals surface area contributed by atoms with Crippen molar-refractivity contribution in [3.05, 3.63) is 63.8 Å². The third-order valence-electron chi connectivity index (χ3n) is 5.52. The average Bonchev–Trinajstić information content (AvgIpc) is 3.01. The fraction of sp³-hybridized carbons (Fsp3) is 0.190. The van der Waals surface area contributed by atoms with Crippen molar-refractivity contribution in [2.24, 2.45) is 0 Å². The van der Waals surface area contributed by atoms with E-state index in [1.165, 1.54) is 29.2 Å². The van der Waals surface area contributed by atoms with E-state index in [2.05, 4.69) is 0 Å². The number of Topliss-reactive ketones (excluding diaryl/α,β-unsaturated/α-hetero) is 2. The van der Waals surface area contributed by atoms with E-state index in [0.717, 1.165) is 0 Å². The lowest BCUT2D eigenvalue weighted by Crippen LogP contribution is -2.44. The van der Waals surface area contributed by atoms with E-state index in [1.807, 2.05) is 0 Å². The summed E-state index contributed by atoms with van der Waals surface area (Å²) in [6.07, 6.45) is -1.08. The minimum Gasteiger partial charge on any atom is -0.507 e. The van der Waals surface area contributed by atoms with Crippen molar-refractivity contribution >= 4 is 23.1 Å². The molecule has 146 valence electrons. The average molecular weight is 393 g/mol. The van der Waals surface area contributed by atoms with Crippen molar-refractivity contribution in [2.75, 3.05) is 6.61 Å². The molecule has 1 fully saturated rings. The van der Waals surface area contributed by atoms with Crippen LogP contribution >= 0.6 is 0 Å². The molecule has 2 atom stereocenters. The fourth-order valence-corrected chi connectivity index (χ4v) is 4.35. The number of esters is 1. The quantitative estimate of drug-likeness (QED) is 0.622. The summed E-state index contributed by atoms with van der Waals surface area (Å²) >= 11 is 0. The van der Waals surface area contributed by atoms with Crippen molar-refractivity contribution in [1.82, 2.24) is 4.90 Å². The van der Waals surface area contributed by atoms with Gasteiger partial charge in [-0.15, -0.1) is 0 Å². The highest BCUT2D eigenvalue weighted by Gasteiger charge is 2.53. The van der Waals surface area contributed by atoms with Gasteiger partial charge in [0, 0.05) is 16.7 Å². The number of allylic oxidation sites excluding steroid dienone is 2. The highest BCUT2D eigenvalue weighted by atomic mass is 16.6. The van der Waals surface area contributed by atoms with Crippen LogP contribution in [0.5, 0.6) is 11.5 Å². The molecule has 2 aliphatic heterocycles. The lowest BCUT2D eigenvalue weighted by Gasteiger charge is -2.38. The zero-order valence-electron chi connectivity index (χ0n) is 15.2. The largest absolute Gasteiger partial charge is 0.507 e. The number of aliphatic hydroxyl groups is 1. The number of hydrogen-bond donors (Lipinski definition) is 3. The maximum Gasteiger partial charge on any atom is 0.333 e. The normalized spacial score (nSPS) is 22.1. The standard InChI is InChI=1S/C21H15NO7/c1-8-5-10-14(13(25)6-8)16-17(22-11(7-23)21(28)29-20(10)22)19(27)15-9(18(16)26)3-2-4-12(15)24/h2-6,11,20,23-25H,7H2,1H3/t11-,20-/m0/s1. The zero-order valence-corrected chi connectivity index (χ0v) is 15.2. The van der Waals surface area contributed by atoms with Crippen LogP contribution in [0.1, 0.15) is 43.6 Å². The van der Waals surface area contributed by atoms with Crippen LogP contribution in [0.2, 0.25) is 0 Å². The van der Waals surface area contributed by atoms with Crippen LogP contribution in [-0.4, -0.2) is 50.4 Å². The first kappa shape index (κ1) is 17.4. The number of ether oxygens (including phenoxy) is 1. The Morgan fingerprint density at radius 3 is 2.52 bits per heavy atom. The summed E-state index contributed by atoms with van der Waals surface area (Å²) in [4.78, 5) is 40.4. The molecule has 29 heavy (non-hydrogen) atoms. The summed E-state index contributed by atoms with van der Waals surface area (Å²) in [5.74, 6) is -2.59. The van der Waals surface area contributed by atoms with Gasteiger partial charge in [0.05, 0.1) is 17.7 Å². The Balaban J connectivity index is 1.89. The SMILES string of the molecule is Cc1cc(O)c2c(c1)[C@@H]1OC(=O)[C@H](CO)N1C1=C2C(=O)c2cccc(O)c2C1=O. The van der Waals surface area contributed by atoms with E-state index in [1.54, 1.807) is 13.0 Å². The molecule has 0 amide bonds. The maximum atomic E-state index is 13.4. The number of phenolic OH excluding ortho intramolecular Hbond substituents is 2. The number of nitrogens with zero attached hydrogens (tertiary/aromatic N) is 1. The molecule has 2 aromatic rings. The fourth-order valence-electron chi connectivity index (χ4n) is 4.35. The third kappa shape index (κ3) is 2.09. The Morgan fingerprint density at radius 2 is 1.79 bits per heavy atom. The van der Waals surface area contributed by atoms with Gasteiger partial charge in [0.1, 0.15) is 17.2 Å². The molecule has 0 saturated carbocycles. The number of fused-ring (bicyclic) bond motifs is 6. The number of benzene rings is 2. The summed E-state index contributed by atoms with van der Waals surface area (Å²) in [5, 5.41) is 30.6. The smallest absolute Gasteiger partial charge is 0.333 e. The predicted octanol–water partition coefficient (Wildman–Crippen LogP) is 1.43. The van der Waals surface area contributed by atoms with Crippen molar-refractivity contribution < 1.29 is 34.4 Å². The number of aryl methyl sites for hydroxylation is 1. The van der Waals surface area contributed by atoms with Gasteiger partial charge in [0.25, 0.3) is 0 Å². The van der Waals surface area contributed by atoms with E-state index >= 15 is 0 Å². The lowest BCUT2D eigenvalue weighted by atomic mass is 9.78. The number of carbonyl (C=O) groups is 3. The van der Waals surface area contributed by atoms with E-state index in [4.69, 9.17) is 4.74 Å². The van der Waals surface area contributed by atoms with Crippen molar-refractivity contribution in [1.29, 1.82) is 0 Å². The van der Waals surface area contributed by atoms with Gasteiger partial charge in [0.2, 0.25) is 12.0 Å². The Labute approximate surface area is 164 Å². The molecule has 1 aliphatic carbocycles. The molecule has 8 heteroatoms. The molecule has 0 radical (unpaired) electrons. The van der Waals surface area contributed by atoms with Crippen LogP contribution in [0.4, 0.5) is 0 Å². The van der Waals surface area contributed by atoms with Gasteiger partial charge in [-0.25, -0.2) is 4.79 Å². The van der Waals surface area contributed by atoms with Gasteiger partial charge in [-0.05, 0) is 30.7 Å². The Morgan fingerprint density at radius 1 is 1.03 bits per heavy atom. The molecule has 3 aliphatic rings. The number of rotatable bonds is 1. The first-order valence-corrected chi connectivity index (χ1v) is 8.94. The summed E-state index contributed by atoms with van der Waals surface area (Å²) in [5.41, 5.74) is 0.715.